The SMILES string of the molecule is O=C(NC[C@@H]1CCCCN1C(=O)c1nc(C2CC2)sc1-c1ccccc1F)c1cccc(Br)c1. The third-order valence-electron chi connectivity index (χ3n) is 6.36. The maximum atomic E-state index is 14.7. The summed E-state index contributed by atoms with van der Waals surface area (Å²) >= 11 is 4.83. The van der Waals surface area contributed by atoms with Crippen molar-refractivity contribution in [1.29, 1.82) is 0 Å². The molecule has 2 heterocycles. The molecule has 2 aliphatic rings. The number of likely N-dealkylation sites (tertiary alicyclic amines) is 1. The summed E-state index contributed by atoms with van der Waals surface area (Å²) in [6, 6.07) is 13.7. The van der Waals surface area contributed by atoms with Gasteiger partial charge in [-0.25, -0.2) is 9.37 Å². The number of carbonyl (C=O) groups is 2. The highest BCUT2D eigenvalue weighted by atomic mass is 79.9. The Morgan fingerprint density at radius 3 is 2.71 bits per heavy atom. The van der Waals surface area contributed by atoms with Gasteiger partial charge >= 0.3 is 0 Å². The van der Waals surface area contributed by atoms with E-state index in [1.54, 1.807) is 30.3 Å². The van der Waals surface area contributed by atoms with Crippen LogP contribution in [0.25, 0.3) is 10.4 Å². The van der Waals surface area contributed by atoms with Crippen LogP contribution in [0.3, 0.4) is 0 Å². The van der Waals surface area contributed by atoms with E-state index in [2.05, 4.69) is 21.2 Å². The number of rotatable bonds is 6. The van der Waals surface area contributed by atoms with Crippen molar-refractivity contribution >= 4 is 39.1 Å². The van der Waals surface area contributed by atoms with Crippen LogP contribution in [0.2, 0.25) is 0 Å². The van der Waals surface area contributed by atoms with Crippen LogP contribution in [0.1, 0.15) is 63.9 Å². The van der Waals surface area contributed by atoms with Gasteiger partial charge in [-0.15, -0.1) is 11.3 Å². The normalized spacial score (nSPS) is 18.1. The molecule has 8 heteroatoms. The summed E-state index contributed by atoms with van der Waals surface area (Å²) in [6.45, 7) is 0.967. The Balaban J connectivity index is 1.38. The average Bonchev–Trinajstić information content (AvgIpc) is 3.61. The first-order valence-electron chi connectivity index (χ1n) is 11.6. The van der Waals surface area contributed by atoms with E-state index in [1.165, 1.54) is 17.4 Å². The highest BCUT2D eigenvalue weighted by molar-refractivity contribution is 9.10. The number of piperidine rings is 1. The van der Waals surface area contributed by atoms with Crippen molar-refractivity contribution in [3.8, 4) is 10.4 Å². The van der Waals surface area contributed by atoms with E-state index in [0.717, 1.165) is 41.6 Å². The van der Waals surface area contributed by atoms with E-state index < -0.39 is 0 Å². The zero-order valence-electron chi connectivity index (χ0n) is 18.6. The van der Waals surface area contributed by atoms with Crippen LogP contribution in [0, 0.1) is 5.82 Å². The van der Waals surface area contributed by atoms with Crippen LogP contribution in [0.5, 0.6) is 0 Å². The van der Waals surface area contributed by atoms with Crippen LogP contribution in [-0.4, -0.2) is 40.8 Å². The van der Waals surface area contributed by atoms with Crippen molar-refractivity contribution in [2.45, 2.75) is 44.1 Å². The second-order valence-electron chi connectivity index (χ2n) is 8.85. The summed E-state index contributed by atoms with van der Waals surface area (Å²) in [6.07, 6.45) is 4.82. The second kappa shape index (κ2) is 9.96. The predicted molar refractivity (Wildman–Crippen MR) is 135 cm³/mol. The van der Waals surface area contributed by atoms with Crippen LogP contribution in [0.15, 0.2) is 53.0 Å². The van der Waals surface area contributed by atoms with Gasteiger partial charge in [-0.05, 0) is 56.4 Å². The molecule has 1 saturated heterocycles. The number of amides is 2. The molecule has 1 aliphatic heterocycles. The molecule has 5 nitrogen and oxygen atoms in total. The van der Waals surface area contributed by atoms with Gasteiger partial charge in [-0.1, -0.05) is 40.2 Å². The molecule has 2 aromatic carbocycles. The Hall–Kier alpha value is -2.58. The fourth-order valence-electron chi connectivity index (χ4n) is 4.37. The van der Waals surface area contributed by atoms with Gasteiger partial charge in [0.15, 0.2) is 0 Å². The third-order valence-corrected chi connectivity index (χ3v) is 8.11. The number of halogens is 2. The molecule has 1 N–H and O–H groups in total. The number of thiazole rings is 1. The first-order valence-corrected chi connectivity index (χ1v) is 13.2. The zero-order chi connectivity index (χ0) is 23.7. The van der Waals surface area contributed by atoms with Gasteiger partial charge in [0, 0.05) is 40.6 Å². The molecule has 1 aromatic heterocycles. The molecule has 1 atom stereocenters. The maximum absolute atomic E-state index is 14.7. The molecule has 2 fully saturated rings. The lowest BCUT2D eigenvalue weighted by atomic mass is 10.0. The first kappa shape index (κ1) is 23.2. The Kier molecular flexibility index (Phi) is 6.79. The smallest absolute Gasteiger partial charge is 0.274 e. The minimum Gasteiger partial charge on any atom is -0.350 e. The van der Waals surface area contributed by atoms with Gasteiger partial charge in [-0.2, -0.15) is 0 Å². The Labute approximate surface area is 210 Å². The minimum absolute atomic E-state index is 0.128. The molecular weight excluding hydrogens is 517 g/mol. The largest absolute Gasteiger partial charge is 0.350 e. The molecule has 1 aliphatic carbocycles. The van der Waals surface area contributed by atoms with Crippen molar-refractivity contribution in [3.63, 3.8) is 0 Å². The van der Waals surface area contributed by atoms with Gasteiger partial charge in [-0.3, -0.25) is 9.59 Å². The Bertz CT molecular complexity index is 1230. The van der Waals surface area contributed by atoms with Gasteiger partial charge in [0.25, 0.3) is 11.8 Å². The quantitative estimate of drug-likeness (QED) is 0.415. The van der Waals surface area contributed by atoms with Crippen molar-refractivity contribution in [3.05, 3.63) is 75.1 Å². The molecule has 34 heavy (non-hydrogen) atoms. The Morgan fingerprint density at radius 1 is 1.12 bits per heavy atom. The van der Waals surface area contributed by atoms with Gasteiger partial charge < -0.3 is 10.2 Å². The lowest BCUT2D eigenvalue weighted by Crippen LogP contribution is -2.49. The van der Waals surface area contributed by atoms with E-state index in [-0.39, 0.29) is 23.7 Å². The molecule has 176 valence electrons. The topological polar surface area (TPSA) is 62.3 Å². The number of hydrogen-bond donors (Lipinski definition) is 1. The van der Waals surface area contributed by atoms with Gasteiger partial charge in [0.1, 0.15) is 11.5 Å². The zero-order valence-corrected chi connectivity index (χ0v) is 21.0. The van der Waals surface area contributed by atoms with Crippen LogP contribution < -0.4 is 5.32 Å². The van der Waals surface area contributed by atoms with Crippen molar-refractivity contribution in [2.75, 3.05) is 13.1 Å². The lowest BCUT2D eigenvalue weighted by Gasteiger charge is -2.35. The fraction of sp³-hybridized carbons (Fsp3) is 0.346. The highest BCUT2D eigenvalue weighted by Crippen LogP contribution is 2.45. The van der Waals surface area contributed by atoms with E-state index in [1.807, 2.05) is 17.0 Å². The van der Waals surface area contributed by atoms with Gasteiger partial charge in [0.2, 0.25) is 0 Å². The molecule has 0 unspecified atom stereocenters. The summed E-state index contributed by atoms with van der Waals surface area (Å²) < 4.78 is 15.5. The number of carbonyl (C=O) groups excluding carboxylic acids is 2. The molecule has 2 amide bonds. The standard InChI is InChI=1S/C26H25BrFN3O2S/c27-18-7-5-6-17(14-18)24(32)29-15-19-8-3-4-13-31(19)26(33)22-23(20-9-1-2-10-21(20)28)34-25(30-22)16-11-12-16/h1-2,5-7,9-10,14,16,19H,3-4,8,11-13,15H2,(H,29,32)/t19-/m0/s1. The highest BCUT2D eigenvalue weighted by Gasteiger charge is 2.35. The number of aromatic nitrogens is 1. The number of hydrogen-bond acceptors (Lipinski definition) is 4. The number of benzene rings is 2. The minimum atomic E-state index is -0.348. The lowest BCUT2D eigenvalue weighted by molar-refractivity contribution is 0.0598. The van der Waals surface area contributed by atoms with E-state index in [9.17, 15) is 14.0 Å². The molecule has 1 saturated carbocycles. The predicted octanol–water partition coefficient (Wildman–Crippen LogP) is 6.01. The van der Waals surface area contributed by atoms with E-state index in [4.69, 9.17) is 4.98 Å². The summed E-state index contributed by atoms with van der Waals surface area (Å²) in [5.74, 6) is -0.323. The molecule has 3 aromatic rings. The van der Waals surface area contributed by atoms with Crippen LogP contribution >= 0.6 is 27.3 Å². The molecule has 0 bridgehead atoms. The first-order chi connectivity index (χ1) is 16.5. The number of nitrogens with one attached hydrogen (secondary N) is 1. The van der Waals surface area contributed by atoms with Crippen molar-refractivity contribution in [1.82, 2.24) is 15.2 Å². The molecule has 5 rings (SSSR count). The third kappa shape index (κ3) is 4.93. The van der Waals surface area contributed by atoms with E-state index >= 15 is 0 Å². The second-order valence-corrected chi connectivity index (χ2v) is 10.8. The van der Waals surface area contributed by atoms with Crippen LogP contribution in [0.4, 0.5) is 4.39 Å². The summed E-state index contributed by atoms with van der Waals surface area (Å²) in [4.78, 5) is 33.6. The molecular formula is C26H25BrFN3O2S. The van der Waals surface area contributed by atoms with Crippen LogP contribution in [-0.2, 0) is 0 Å². The molecule has 0 spiro atoms. The number of nitrogens with zero attached hydrogens (tertiary/aromatic N) is 2. The summed E-state index contributed by atoms with van der Waals surface area (Å²) in [5.41, 5.74) is 1.33. The van der Waals surface area contributed by atoms with Gasteiger partial charge in [0.05, 0.1) is 9.88 Å². The summed E-state index contributed by atoms with van der Waals surface area (Å²) in [5, 5.41) is 3.90. The van der Waals surface area contributed by atoms with Crippen molar-refractivity contribution in [2.24, 2.45) is 0 Å². The van der Waals surface area contributed by atoms with Crippen molar-refractivity contribution < 1.29 is 14.0 Å². The fourth-order valence-corrected chi connectivity index (χ4v) is 6.03. The Morgan fingerprint density at radius 2 is 1.94 bits per heavy atom. The maximum Gasteiger partial charge on any atom is 0.274 e. The van der Waals surface area contributed by atoms with E-state index in [0.29, 0.717) is 40.7 Å². The summed E-state index contributed by atoms with van der Waals surface area (Å²) in [7, 11) is 0. The monoisotopic (exact) mass is 541 g/mol. The average molecular weight is 542 g/mol. The molecule has 0 radical (unpaired) electrons.